The highest BCUT2D eigenvalue weighted by Crippen LogP contribution is 2.38. The highest BCUT2D eigenvalue weighted by molar-refractivity contribution is 5.86. The monoisotopic (exact) mass is 386 g/mol. The minimum atomic E-state index is -0.313. The first-order chi connectivity index (χ1) is 13.6. The van der Waals surface area contributed by atoms with Gasteiger partial charge in [-0.25, -0.2) is 4.79 Å². The van der Waals surface area contributed by atoms with Crippen LogP contribution in [0.4, 0.5) is 0 Å². The summed E-state index contributed by atoms with van der Waals surface area (Å²) in [5.41, 5.74) is 1.91. The number of carbonyl (C=O) groups excluding carboxylic acids is 1. The Kier molecular flexibility index (Phi) is 10.2. The standard InChI is InChI=1S/C25H38O3/c1-4-5-6-9-21-10-12-22(13-11-21)23-14-16-24(17-15-23)27-18-7-8-19-28-25(26)20(2)3/h14-17,21-22H,2,4-13,18-19H2,1,3H3/t21-,22-. The maximum absolute atomic E-state index is 11.3. The molecule has 0 spiro atoms. The molecule has 0 heterocycles. The highest BCUT2D eigenvalue weighted by atomic mass is 16.5. The van der Waals surface area contributed by atoms with E-state index in [9.17, 15) is 4.79 Å². The van der Waals surface area contributed by atoms with Crippen LogP contribution in [0.1, 0.15) is 89.5 Å². The molecule has 0 bridgehead atoms. The largest absolute Gasteiger partial charge is 0.494 e. The van der Waals surface area contributed by atoms with Gasteiger partial charge in [0.15, 0.2) is 0 Å². The third-order valence-corrected chi connectivity index (χ3v) is 5.80. The van der Waals surface area contributed by atoms with Crippen LogP contribution < -0.4 is 4.74 Å². The van der Waals surface area contributed by atoms with Crippen LogP contribution in [0, 0.1) is 5.92 Å². The highest BCUT2D eigenvalue weighted by Gasteiger charge is 2.21. The molecule has 156 valence electrons. The normalized spacial score (nSPS) is 19.2. The third-order valence-electron chi connectivity index (χ3n) is 5.80. The minimum Gasteiger partial charge on any atom is -0.494 e. The number of ether oxygens (including phenoxy) is 2. The van der Waals surface area contributed by atoms with Crippen molar-refractivity contribution in [1.82, 2.24) is 0 Å². The van der Waals surface area contributed by atoms with Crippen LogP contribution in [-0.4, -0.2) is 19.2 Å². The molecule has 0 amide bonds. The molecule has 1 saturated carbocycles. The molecule has 0 aromatic heterocycles. The fraction of sp³-hybridized carbons (Fsp3) is 0.640. The summed E-state index contributed by atoms with van der Waals surface area (Å²) in [6.45, 7) is 8.59. The maximum atomic E-state index is 11.3. The van der Waals surface area contributed by atoms with Crippen molar-refractivity contribution in [2.75, 3.05) is 13.2 Å². The second-order valence-corrected chi connectivity index (χ2v) is 8.25. The van der Waals surface area contributed by atoms with Crippen LogP contribution in [0.2, 0.25) is 0 Å². The molecule has 3 nitrogen and oxygen atoms in total. The Morgan fingerprint density at radius 1 is 1.00 bits per heavy atom. The molecule has 1 aromatic carbocycles. The van der Waals surface area contributed by atoms with Gasteiger partial charge in [0.05, 0.1) is 13.2 Å². The Balaban J connectivity index is 1.61. The Labute approximate surface area is 171 Å². The SMILES string of the molecule is C=C(C)C(=O)OCCCCOc1ccc([C@H]2CC[C@H](CCCCC)CC2)cc1. The average molecular weight is 387 g/mol. The Bertz CT molecular complexity index is 582. The van der Waals surface area contributed by atoms with Crippen LogP contribution >= 0.6 is 0 Å². The number of esters is 1. The van der Waals surface area contributed by atoms with Gasteiger partial charge in [0.1, 0.15) is 5.75 Å². The molecule has 0 N–H and O–H groups in total. The van der Waals surface area contributed by atoms with Crippen LogP contribution in [0.5, 0.6) is 5.75 Å². The summed E-state index contributed by atoms with van der Waals surface area (Å²) in [6.07, 6.45) is 12.7. The van der Waals surface area contributed by atoms with E-state index in [1.165, 1.54) is 56.9 Å². The zero-order valence-electron chi connectivity index (χ0n) is 17.9. The van der Waals surface area contributed by atoms with Crippen molar-refractivity contribution in [3.05, 3.63) is 42.0 Å². The van der Waals surface area contributed by atoms with E-state index in [1.54, 1.807) is 6.92 Å². The molecular weight excluding hydrogens is 348 g/mol. The summed E-state index contributed by atoms with van der Waals surface area (Å²) in [5, 5.41) is 0. The van der Waals surface area contributed by atoms with Crippen LogP contribution in [-0.2, 0) is 9.53 Å². The molecular formula is C25H38O3. The first-order valence-corrected chi connectivity index (χ1v) is 11.2. The van der Waals surface area contributed by atoms with Crippen LogP contribution in [0.3, 0.4) is 0 Å². The van der Waals surface area contributed by atoms with Crippen molar-refractivity contribution in [2.45, 2.75) is 84.0 Å². The lowest BCUT2D eigenvalue weighted by molar-refractivity contribution is -0.139. The quantitative estimate of drug-likeness (QED) is 0.225. The van der Waals surface area contributed by atoms with E-state index >= 15 is 0 Å². The molecule has 2 rings (SSSR count). The molecule has 0 aliphatic heterocycles. The van der Waals surface area contributed by atoms with Gasteiger partial charge in [0.2, 0.25) is 0 Å². The van der Waals surface area contributed by atoms with Crippen molar-refractivity contribution in [2.24, 2.45) is 5.92 Å². The van der Waals surface area contributed by atoms with Crippen LogP contribution in [0.25, 0.3) is 0 Å². The predicted molar refractivity (Wildman–Crippen MR) is 116 cm³/mol. The number of unbranched alkanes of at least 4 members (excludes halogenated alkanes) is 3. The van der Waals surface area contributed by atoms with E-state index in [2.05, 4.69) is 37.8 Å². The van der Waals surface area contributed by atoms with Gasteiger partial charge in [-0.15, -0.1) is 0 Å². The van der Waals surface area contributed by atoms with Crippen molar-refractivity contribution >= 4 is 5.97 Å². The average Bonchev–Trinajstić information content (AvgIpc) is 2.71. The molecule has 0 unspecified atom stereocenters. The van der Waals surface area contributed by atoms with E-state index in [-0.39, 0.29) is 5.97 Å². The van der Waals surface area contributed by atoms with Crippen molar-refractivity contribution < 1.29 is 14.3 Å². The van der Waals surface area contributed by atoms with Gasteiger partial charge < -0.3 is 9.47 Å². The number of hydrogen-bond donors (Lipinski definition) is 0. The smallest absolute Gasteiger partial charge is 0.333 e. The number of benzene rings is 1. The van der Waals surface area contributed by atoms with Gasteiger partial charge in [0, 0.05) is 5.57 Å². The molecule has 0 atom stereocenters. The fourth-order valence-electron chi connectivity index (χ4n) is 3.99. The summed E-state index contributed by atoms with van der Waals surface area (Å²) in [7, 11) is 0. The first kappa shape index (κ1) is 22.5. The lowest BCUT2D eigenvalue weighted by atomic mass is 9.77. The molecule has 0 radical (unpaired) electrons. The molecule has 1 aromatic rings. The molecule has 28 heavy (non-hydrogen) atoms. The van der Waals surface area contributed by atoms with Gasteiger partial charge >= 0.3 is 5.97 Å². The van der Waals surface area contributed by atoms with Crippen molar-refractivity contribution in [3.8, 4) is 5.75 Å². The predicted octanol–water partition coefficient (Wildman–Crippen LogP) is 6.82. The first-order valence-electron chi connectivity index (χ1n) is 11.2. The fourth-order valence-corrected chi connectivity index (χ4v) is 3.99. The number of rotatable bonds is 12. The van der Waals surface area contributed by atoms with Gasteiger partial charge in [-0.1, -0.05) is 51.3 Å². The molecule has 0 saturated heterocycles. The summed E-state index contributed by atoms with van der Waals surface area (Å²) in [4.78, 5) is 11.3. The Morgan fingerprint density at radius 2 is 1.68 bits per heavy atom. The van der Waals surface area contributed by atoms with Gasteiger partial charge in [0.25, 0.3) is 0 Å². The number of carbonyl (C=O) groups is 1. The van der Waals surface area contributed by atoms with Gasteiger partial charge in [-0.05, 0) is 75.0 Å². The number of hydrogen-bond acceptors (Lipinski definition) is 3. The molecule has 3 heteroatoms. The molecule has 1 aliphatic carbocycles. The van der Waals surface area contributed by atoms with Crippen molar-refractivity contribution in [3.63, 3.8) is 0 Å². The minimum absolute atomic E-state index is 0.313. The lowest BCUT2D eigenvalue weighted by Gasteiger charge is -2.29. The summed E-state index contributed by atoms with van der Waals surface area (Å²) in [5.74, 6) is 2.29. The zero-order valence-corrected chi connectivity index (χ0v) is 17.9. The molecule has 1 aliphatic rings. The van der Waals surface area contributed by atoms with E-state index in [1.807, 2.05) is 0 Å². The van der Waals surface area contributed by atoms with Crippen molar-refractivity contribution in [1.29, 1.82) is 0 Å². The van der Waals surface area contributed by atoms with Crippen LogP contribution in [0.15, 0.2) is 36.4 Å². The lowest BCUT2D eigenvalue weighted by Crippen LogP contribution is -2.13. The molecule has 1 fully saturated rings. The zero-order chi connectivity index (χ0) is 20.2. The van der Waals surface area contributed by atoms with E-state index in [0.29, 0.717) is 18.8 Å². The van der Waals surface area contributed by atoms with E-state index in [4.69, 9.17) is 9.47 Å². The second kappa shape index (κ2) is 12.6. The summed E-state index contributed by atoms with van der Waals surface area (Å²) in [6, 6.07) is 8.69. The van der Waals surface area contributed by atoms with E-state index in [0.717, 1.165) is 30.4 Å². The maximum Gasteiger partial charge on any atom is 0.333 e. The Hall–Kier alpha value is -1.77. The Morgan fingerprint density at radius 3 is 2.32 bits per heavy atom. The second-order valence-electron chi connectivity index (χ2n) is 8.25. The summed E-state index contributed by atoms with van der Waals surface area (Å²) < 4.78 is 10.9. The van der Waals surface area contributed by atoms with Gasteiger partial charge in [-0.3, -0.25) is 0 Å². The third kappa shape index (κ3) is 8.08. The van der Waals surface area contributed by atoms with E-state index < -0.39 is 0 Å². The summed E-state index contributed by atoms with van der Waals surface area (Å²) >= 11 is 0. The van der Waals surface area contributed by atoms with Gasteiger partial charge in [-0.2, -0.15) is 0 Å². The topological polar surface area (TPSA) is 35.5 Å².